The van der Waals surface area contributed by atoms with Gasteiger partial charge in [-0.25, -0.2) is 0 Å². The predicted molar refractivity (Wildman–Crippen MR) is 9.92 cm³/mol. The molecule has 0 spiro atoms. The minimum absolute atomic E-state index is 0. The SMILES string of the molecule is [CaH2].[O]=[Ti]=[O].[Ti]. The zero-order valence-electron chi connectivity index (χ0n) is 1.82. The molecule has 0 amide bonds. The number of hydrogen-bond donors (Lipinski definition) is 0. The summed E-state index contributed by atoms with van der Waals surface area (Å²) < 4.78 is 17.0. The molecule has 0 atom stereocenters. The average molecular weight is 170 g/mol. The van der Waals surface area contributed by atoms with Crippen LogP contribution in [0.2, 0.25) is 0 Å². The van der Waals surface area contributed by atoms with Gasteiger partial charge in [-0.3, -0.25) is 0 Å². The van der Waals surface area contributed by atoms with Crippen molar-refractivity contribution in [1.82, 2.24) is 0 Å². The van der Waals surface area contributed by atoms with Crippen molar-refractivity contribution in [3.63, 3.8) is 0 Å². The Morgan fingerprint density at radius 1 is 1.20 bits per heavy atom. The molecular weight excluding hydrogens is 168 g/mol. The van der Waals surface area contributed by atoms with Crippen LogP contribution in [0.3, 0.4) is 0 Å². The minimum Gasteiger partial charge on any atom is 0 e. The van der Waals surface area contributed by atoms with E-state index in [1.165, 1.54) is 0 Å². The van der Waals surface area contributed by atoms with Crippen LogP contribution in [-0.4, -0.2) is 37.7 Å². The van der Waals surface area contributed by atoms with E-state index in [0.29, 0.717) is 0 Å². The molecule has 2 nitrogen and oxygen atoms in total. The normalized spacial score (nSPS) is 1.60. The topological polar surface area (TPSA) is 34.1 Å². The van der Waals surface area contributed by atoms with Gasteiger partial charge in [0.2, 0.25) is 0 Å². The zero-order valence-corrected chi connectivity index (χ0v) is 4.94. The van der Waals surface area contributed by atoms with Crippen molar-refractivity contribution in [1.29, 1.82) is 0 Å². The van der Waals surface area contributed by atoms with Crippen LogP contribution in [0.4, 0.5) is 0 Å². The quantitative estimate of drug-likeness (QED) is 0.429. The summed E-state index contributed by atoms with van der Waals surface area (Å²) in [6, 6.07) is 0. The van der Waals surface area contributed by atoms with E-state index < -0.39 is 19.1 Å². The van der Waals surface area contributed by atoms with Crippen LogP contribution in [0.1, 0.15) is 0 Å². The van der Waals surface area contributed by atoms with Gasteiger partial charge in [0.1, 0.15) is 0 Å². The van der Waals surface area contributed by atoms with E-state index in [-0.39, 0.29) is 59.5 Å². The third-order valence-corrected chi connectivity index (χ3v) is 0. The summed E-state index contributed by atoms with van der Waals surface area (Å²) in [4.78, 5) is 0. The van der Waals surface area contributed by atoms with Gasteiger partial charge < -0.3 is 0 Å². The first kappa shape index (κ1) is 15.7. The minimum atomic E-state index is -2.00. The largest absolute Gasteiger partial charge is 0 e. The van der Waals surface area contributed by atoms with Crippen LogP contribution >= 0.6 is 0 Å². The Morgan fingerprint density at radius 2 is 1.20 bits per heavy atom. The van der Waals surface area contributed by atoms with Crippen LogP contribution < -0.4 is 0 Å². The molecule has 24 valence electrons. The monoisotopic (exact) mass is 170 g/mol. The third-order valence-electron chi connectivity index (χ3n) is 0. The Balaban J connectivity index is -0.0000000200. The molecule has 5 heteroatoms. The molecule has 0 aromatic carbocycles. The fraction of sp³-hybridized carbons (Fsp3) is 0. The van der Waals surface area contributed by atoms with Gasteiger partial charge in [-0.05, 0) is 0 Å². The van der Waals surface area contributed by atoms with E-state index in [4.69, 9.17) is 6.65 Å². The van der Waals surface area contributed by atoms with Crippen LogP contribution in [0.15, 0.2) is 0 Å². The molecule has 0 heterocycles. The van der Waals surface area contributed by atoms with Gasteiger partial charge in [-0.2, -0.15) is 0 Å². The van der Waals surface area contributed by atoms with Gasteiger partial charge in [0.15, 0.2) is 0 Å². The molecule has 0 rings (SSSR count). The molecule has 0 aliphatic heterocycles. The van der Waals surface area contributed by atoms with E-state index in [1.807, 2.05) is 0 Å². The summed E-state index contributed by atoms with van der Waals surface area (Å²) in [7, 11) is 0. The second-order valence-corrected chi connectivity index (χ2v) is 0.344. The summed E-state index contributed by atoms with van der Waals surface area (Å²) in [5.41, 5.74) is 0. The third kappa shape index (κ3) is 22.1. The van der Waals surface area contributed by atoms with Crippen LogP contribution in [-0.2, 0) is 47.5 Å². The summed E-state index contributed by atoms with van der Waals surface area (Å²) in [6.45, 7) is 0. The Kier molecular flexibility index (Phi) is 51.0. The van der Waals surface area contributed by atoms with Crippen molar-refractivity contribution in [2.45, 2.75) is 0 Å². The molecule has 0 saturated carbocycles. The Bertz CT molecular complexity index is 28.6. The molecule has 0 fully saturated rings. The summed E-state index contributed by atoms with van der Waals surface area (Å²) in [5.74, 6) is 0. The summed E-state index contributed by atoms with van der Waals surface area (Å²) in [6.07, 6.45) is 0. The first-order chi connectivity index (χ1) is 1.41. The average Bonchev–Trinajstić information content (AvgIpc) is 0.918. The van der Waals surface area contributed by atoms with Gasteiger partial charge in [0, 0.05) is 21.7 Å². The summed E-state index contributed by atoms with van der Waals surface area (Å²) >= 11 is -2.00. The molecule has 0 radical (unpaired) electrons. The van der Waals surface area contributed by atoms with Crippen molar-refractivity contribution >= 4 is 37.7 Å². The van der Waals surface area contributed by atoms with Crippen LogP contribution in [0.5, 0.6) is 0 Å². The van der Waals surface area contributed by atoms with Crippen molar-refractivity contribution in [3.8, 4) is 0 Å². The molecule has 0 aromatic rings. The molecule has 0 N–H and O–H groups in total. The molecule has 5 heavy (non-hydrogen) atoms. The Hall–Kier alpha value is 2.29. The van der Waals surface area contributed by atoms with E-state index in [9.17, 15) is 0 Å². The predicted octanol–water partition coefficient (Wildman–Crippen LogP) is -1.16. The first-order valence-corrected chi connectivity index (χ1v) is 1.68. The second kappa shape index (κ2) is 16.3. The second-order valence-electron chi connectivity index (χ2n) is 0.0833. The first-order valence-electron chi connectivity index (χ1n) is 0.408. The van der Waals surface area contributed by atoms with Gasteiger partial charge in [0.25, 0.3) is 0 Å². The van der Waals surface area contributed by atoms with Crippen molar-refractivity contribution in [2.24, 2.45) is 0 Å². The maximum Gasteiger partial charge on any atom is 0 e. The van der Waals surface area contributed by atoms with Crippen molar-refractivity contribution in [2.75, 3.05) is 0 Å². The smallest absolute Gasteiger partial charge is 0 e. The molecule has 0 bridgehead atoms. The van der Waals surface area contributed by atoms with Crippen LogP contribution in [0, 0.1) is 0 Å². The standard InChI is InChI=1S/Ca.2O.2Ti.2H. The maximum absolute atomic E-state index is 8.50. The fourth-order valence-electron chi connectivity index (χ4n) is 0. The van der Waals surface area contributed by atoms with E-state index in [1.54, 1.807) is 0 Å². The van der Waals surface area contributed by atoms with Gasteiger partial charge in [-0.15, -0.1) is 0 Å². The Morgan fingerprint density at radius 3 is 1.20 bits per heavy atom. The van der Waals surface area contributed by atoms with E-state index in [2.05, 4.69) is 0 Å². The Labute approximate surface area is 83.5 Å². The molecule has 0 unspecified atom stereocenters. The molecule has 0 aromatic heterocycles. The zero-order chi connectivity index (χ0) is 2.71. The number of hydrogen-bond acceptors (Lipinski definition) is 2. The molecule has 0 aliphatic rings. The molecular formula is H2CaO2Ti2. The maximum atomic E-state index is 8.50. The number of rotatable bonds is 0. The molecule has 0 aliphatic carbocycles. The van der Waals surface area contributed by atoms with Gasteiger partial charge in [0.05, 0.1) is 0 Å². The van der Waals surface area contributed by atoms with Crippen molar-refractivity contribution < 1.29 is 47.5 Å². The van der Waals surface area contributed by atoms with E-state index in [0.717, 1.165) is 0 Å². The van der Waals surface area contributed by atoms with Crippen LogP contribution in [0.25, 0.3) is 0 Å². The van der Waals surface area contributed by atoms with Gasteiger partial charge >= 0.3 is 63.5 Å². The van der Waals surface area contributed by atoms with Gasteiger partial charge in [-0.1, -0.05) is 0 Å². The fourth-order valence-corrected chi connectivity index (χ4v) is 0. The van der Waals surface area contributed by atoms with Crippen molar-refractivity contribution in [3.05, 3.63) is 0 Å². The van der Waals surface area contributed by atoms with E-state index >= 15 is 0 Å². The summed E-state index contributed by atoms with van der Waals surface area (Å²) in [5, 5.41) is 0. The molecule has 0 saturated heterocycles.